The normalized spacial score (nSPS) is 10.7. The van der Waals surface area contributed by atoms with Crippen molar-refractivity contribution in [3.05, 3.63) is 43.0 Å². The van der Waals surface area contributed by atoms with Crippen molar-refractivity contribution in [2.75, 3.05) is 0 Å². The van der Waals surface area contributed by atoms with Crippen molar-refractivity contribution in [2.24, 2.45) is 0 Å². The van der Waals surface area contributed by atoms with Crippen LogP contribution in [0.3, 0.4) is 0 Å². The average Bonchev–Trinajstić information content (AvgIpc) is 2.77. The molecule has 0 saturated heterocycles. The molecule has 4 heteroatoms. The Bertz CT molecular complexity index is 586. The van der Waals surface area contributed by atoms with Gasteiger partial charge in [-0.3, -0.25) is 4.98 Å². The lowest BCUT2D eigenvalue weighted by Gasteiger charge is -1.98. The summed E-state index contributed by atoms with van der Waals surface area (Å²) < 4.78 is 0. The Balaban J connectivity index is 2.19. The van der Waals surface area contributed by atoms with E-state index >= 15 is 0 Å². The number of nitrogens with zero attached hydrogens (tertiary/aromatic N) is 3. The van der Waals surface area contributed by atoms with Crippen LogP contribution in [-0.2, 0) is 0 Å². The fourth-order valence-corrected chi connectivity index (χ4v) is 1.50. The number of aromatic nitrogens is 4. The molecule has 0 aromatic carbocycles. The zero-order valence-electron chi connectivity index (χ0n) is 7.88. The van der Waals surface area contributed by atoms with E-state index in [2.05, 4.69) is 19.9 Å². The summed E-state index contributed by atoms with van der Waals surface area (Å²) in [5, 5.41) is 0. The van der Waals surface area contributed by atoms with E-state index in [0.717, 1.165) is 22.4 Å². The highest BCUT2D eigenvalue weighted by molar-refractivity contribution is 5.76. The third kappa shape index (κ3) is 1.36. The molecule has 0 radical (unpaired) electrons. The van der Waals surface area contributed by atoms with Crippen molar-refractivity contribution < 1.29 is 0 Å². The number of pyridine rings is 2. The van der Waals surface area contributed by atoms with E-state index in [1.165, 1.54) is 0 Å². The first kappa shape index (κ1) is 8.11. The summed E-state index contributed by atoms with van der Waals surface area (Å²) >= 11 is 0. The van der Waals surface area contributed by atoms with Gasteiger partial charge in [-0.2, -0.15) is 0 Å². The maximum atomic E-state index is 4.26. The summed E-state index contributed by atoms with van der Waals surface area (Å²) in [7, 11) is 0. The summed E-state index contributed by atoms with van der Waals surface area (Å²) in [5.41, 5.74) is 3.55. The third-order valence-corrected chi connectivity index (χ3v) is 2.23. The molecule has 15 heavy (non-hydrogen) atoms. The predicted octanol–water partition coefficient (Wildman–Crippen LogP) is 2.02. The molecule has 0 bridgehead atoms. The minimum atomic E-state index is 0.801. The maximum absolute atomic E-state index is 4.26. The second-order valence-corrected chi connectivity index (χ2v) is 3.21. The minimum absolute atomic E-state index is 0.801. The van der Waals surface area contributed by atoms with Gasteiger partial charge in [0.25, 0.3) is 0 Å². The number of H-pyrrole nitrogens is 1. The molecule has 0 saturated carbocycles. The zero-order valence-corrected chi connectivity index (χ0v) is 7.88. The number of fused-ring (bicyclic) bond motifs is 1. The Morgan fingerprint density at radius 3 is 2.93 bits per heavy atom. The van der Waals surface area contributed by atoms with E-state index in [9.17, 15) is 0 Å². The van der Waals surface area contributed by atoms with Crippen LogP contribution < -0.4 is 0 Å². The Labute approximate surface area is 86.0 Å². The quantitative estimate of drug-likeness (QED) is 0.647. The van der Waals surface area contributed by atoms with Gasteiger partial charge in [0.15, 0.2) is 5.65 Å². The summed E-state index contributed by atoms with van der Waals surface area (Å²) in [6, 6.07) is 7.78. The van der Waals surface area contributed by atoms with Gasteiger partial charge in [-0.25, -0.2) is 9.97 Å². The molecule has 0 atom stereocenters. The molecule has 0 spiro atoms. The number of rotatable bonds is 1. The van der Waals surface area contributed by atoms with Crippen LogP contribution in [0, 0.1) is 0 Å². The molecule has 3 heterocycles. The van der Waals surface area contributed by atoms with Crippen molar-refractivity contribution in [2.45, 2.75) is 0 Å². The Morgan fingerprint density at radius 2 is 2.07 bits per heavy atom. The van der Waals surface area contributed by atoms with Gasteiger partial charge in [-0.15, -0.1) is 0 Å². The first-order valence-electron chi connectivity index (χ1n) is 4.64. The molecule has 3 aromatic rings. The molecule has 1 N–H and O–H groups in total. The monoisotopic (exact) mass is 196 g/mol. The lowest BCUT2D eigenvalue weighted by atomic mass is 10.2. The van der Waals surface area contributed by atoms with Crippen molar-refractivity contribution in [1.29, 1.82) is 0 Å². The molecule has 72 valence electrons. The van der Waals surface area contributed by atoms with Gasteiger partial charge in [-0.05, 0) is 18.2 Å². The second kappa shape index (κ2) is 3.16. The van der Waals surface area contributed by atoms with E-state index in [4.69, 9.17) is 0 Å². The molecule has 3 aromatic heterocycles. The van der Waals surface area contributed by atoms with Crippen LogP contribution >= 0.6 is 0 Å². The van der Waals surface area contributed by atoms with Crippen LogP contribution in [0.15, 0.2) is 43.0 Å². The Kier molecular flexibility index (Phi) is 1.71. The number of hydrogen-bond acceptors (Lipinski definition) is 3. The molecule has 0 aliphatic heterocycles. The standard InChI is InChI=1S/C11H8N4/c1-2-4-12-9(3-1)8-5-10-11(13-6-8)15-7-14-10/h1-7H,(H,13,14,15). The zero-order chi connectivity index (χ0) is 10.1. The number of aromatic amines is 1. The largest absolute Gasteiger partial charge is 0.329 e. The van der Waals surface area contributed by atoms with Gasteiger partial charge < -0.3 is 4.98 Å². The van der Waals surface area contributed by atoms with Gasteiger partial charge in [-0.1, -0.05) is 6.07 Å². The number of imidazole rings is 1. The smallest absolute Gasteiger partial charge is 0.157 e. The van der Waals surface area contributed by atoms with Crippen LogP contribution in [-0.4, -0.2) is 19.9 Å². The summed E-state index contributed by atoms with van der Waals surface area (Å²) in [6.45, 7) is 0. The molecule has 4 nitrogen and oxygen atoms in total. The van der Waals surface area contributed by atoms with Crippen molar-refractivity contribution in [3.8, 4) is 11.3 Å². The van der Waals surface area contributed by atoms with Crippen LogP contribution in [0.1, 0.15) is 0 Å². The summed E-state index contributed by atoms with van der Waals surface area (Å²) in [5.74, 6) is 0. The van der Waals surface area contributed by atoms with Gasteiger partial charge in [0.1, 0.15) is 5.52 Å². The highest BCUT2D eigenvalue weighted by atomic mass is 14.9. The fourth-order valence-electron chi connectivity index (χ4n) is 1.50. The van der Waals surface area contributed by atoms with Gasteiger partial charge >= 0.3 is 0 Å². The van der Waals surface area contributed by atoms with Crippen molar-refractivity contribution in [3.63, 3.8) is 0 Å². The predicted molar refractivity (Wildman–Crippen MR) is 57.1 cm³/mol. The molecule has 3 rings (SSSR count). The van der Waals surface area contributed by atoms with E-state index < -0.39 is 0 Å². The third-order valence-electron chi connectivity index (χ3n) is 2.23. The van der Waals surface area contributed by atoms with Crippen LogP contribution in [0.2, 0.25) is 0 Å². The first-order chi connectivity index (χ1) is 7.43. The Hall–Kier alpha value is -2.23. The summed E-state index contributed by atoms with van der Waals surface area (Å²) in [4.78, 5) is 15.6. The average molecular weight is 196 g/mol. The SMILES string of the molecule is c1ccc(-c2cnc3[nH]cnc3c2)nc1. The minimum Gasteiger partial charge on any atom is -0.329 e. The molecule has 0 fully saturated rings. The molecule has 0 unspecified atom stereocenters. The topological polar surface area (TPSA) is 54.5 Å². The highest BCUT2D eigenvalue weighted by Gasteiger charge is 2.02. The fraction of sp³-hybridized carbons (Fsp3) is 0. The molecule has 0 aliphatic rings. The van der Waals surface area contributed by atoms with Gasteiger partial charge in [0.2, 0.25) is 0 Å². The lowest BCUT2D eigenvalue weighted by molar-refractivity contribution is 1.28. The van der Waals surface area contributed by atoms with E-state index in [1.807, 2.05) is 24.3 Å². The number of nitrogens with one attached hydrogen (secondary N) is 1. The maximum Gasteiger partial charge on any atom is 0.157 e. The van der Waals surface area contributed by atoms with Crippen LogP contribution in [0.25, 0.3) is 22.4 Å². The van der Waals surface area contributed by atoms with Crippen molar-refractivity contribution >= 4 is 11.2 Å². The van der Waals surface area contributed by atoms with Crippen LogP contribution in [0.4, 0.5) is 0 Å². The van der Waals surface area contributed by atoms with Crippen molar-refractivity contribution in [1.82, 2.24) is 19.9 Å². The van der Waals surface area contributed by atoms with Crippen LogP contribution in [0.5, 0.6) is 0 Å². The van der Waals surface area contributed by atoms with E-state index in [1.54, 1.807) is 18.7 Å². The Morgan fingerprint density at radius 1 is 1.07 bits per heavy atom. The summed E-state index contributed by atoms with van der Waals surface area (Å²) in [6.07, 6.45) is 5.20. The molecular formula is C11H8N4. The van der Waals surface area contributed by atoms with E-state index in [0.29, 0.717) is 0 Å². The lowest BCUT2D eigenvalue weighted by Crippen LogP contribution is -1.84. The molecule has 0 aliphatic carbocycles. The van der Waals surface area contributed by atoms with Gasteiger partial charge in [0.05, 0.1) is 12.0 Å². The second-order valence-electron chi connectivity index (χ2n) is 3.21. The number of hydrogen-bond donors (Lipinski definition) is 1. The first-order valence-corrected chi connectivity index (χ1v) is 4.64. The molecule has 0 amide bonds. The van der Waals surface area contributed by atoms with E-state index in [-0.39, 0.29) is 0 Å². The van der Waals surface area contributed by atoms with Gasteiger partial charge in [0, 0.05) is 18.0 Å². The molecular weight excluding hydrogens is 188 g/mol. The highest BCUT2D eigenvalue weighted by Crippen LogP contribution is 2.18.